The van der Waals surface area contributed by atoms with Gasteiger partial charge in [-0.05, 0) is 37.1 Å². The number of hydrogen-bond donors (Lipinski definition) is 1. The summed E-state index contributed by atoms with van der Waals surface area (Å²) in [7, 11) is 0. The van der Waals surface area contributed by atoms with Crippen LogP contribution >= 0.6 is 0 Å². The smallest absolute Gasteiger partial charge is 0.321 e. The van der Waals surface area contributed by atoms with E-state index in [0.717, 1.165) is 25.1 Å². The number of aliphatic carboxylic acids is 1. The summed E-state index contributed by atoms with van der Waals surface area (Å²) >= 11 is 0. The van der Waals surface area contributed by atoms with Gasteiger partial charge in [0.2, 0.25) is 0 Å². The average Bonchev–Trinajstić information content (AvgIpc) is 2.39. The highest BCUT2D eigenvalue weighted by Crippen LogP contribution is 2.15. The van der Waals surface area contributed by atoms with E-state index < -0.39 is 12.0 Å². The maximum Gasteiger partial charge on any atom is 0.321 e. The molecule has 0 aliphatic rings. The van der Waals surface area contributed by atoms with Crippen molar-refractivity contribution in [3.63, 3.8) is 0 Å². The molecule has 0 aliphatic heterocycles. The van der Waals surface area contributed by atoms with E-state index in [1.165, 1.54) is 5.56 Å². The third-order valence-corrected chi connectivity index (χ3v) is 3.45. The zero-order chi connectivity index (χ0) is 13.5. The average molecular weight is 249 g/mol. The first-order valence-electron chi connectivity index (χ1n) is 6.67. The molecule has 0 radical (unpaired) electrons. The van der Waals surface area contributed by atoms with Crippen LogP contribution in [0.4, 0.5) is 0 Å². The minimum Gasteiger partial charge on any atom is -0.480 e. The van der Waals surface area contributed by atoms with Crippen molar-refractivity contribution < 1.29 is 9.90 Å². The molecule has 0 amide bonds. The summed E-state index contributed by atoms with van der Waals surface area (Å²) in [4.78, 5) is 13.4. The van der Waals surface area contributed by atoms with Gasteiger partial charge in [0.05, 0.1) is 0 Å². The van der Waals surface area contributed by atoms with Gasteiger partial charge in [-0.1, -0.05) is 45.0 Å². The third kappa shape index (κ3) is 3.57. The first kappa shape index (κ1) is 14.7. The maximum absolute atomic E-state index is 11.4. The molecule has 1 atom stereocenters. The van der Waals surface area contributed by atoms with Crippen molar-refractivity contribution in [2.75, 3.05) is 13.1 Å². The number of hydrogen-bond acceptors (Lipinski definition) is 2. The quantitative estimate of drug-likeness (QED) is 0.807. The van der Waals surface area contributed by atoms with Crippen LogP contribution in [0.2, 0.25) is 0 Å². The minimum absolute atomic E-state index is 0.423. The van der Waals surface area contributed by atoms with E-state index in [1.54, 1.807) is 0 Å². The molecule has 0 fully saturated rings. The number of carboxylic acids is 1. The molecule has 3 nitrogen and oxygen atoms in total. The largest absolute Gasteiger partial charge is 0.480 e. The SMILES string of the molecule is CCc1ccccc1C[C@H](C(=O)O)N(CC)CC. The van der Waals surface area contributed by atoms with Crippen molar-refractivity contribution in [2.45, 2.75) is 39.7 Å². The normalized spacial score (nSPS) is 12.7. The third-order valence-electron chi connectivity index (χ3n) is 3.45. The summed E-state index contributed by atoms with van der Waals surface area (Å²) in [6, 6.07) is 7.69. The number of benzene rings is 1. The summed E-state index contributed by atoms with van der Waals surface area (Å²) in [5.41, 5.74) is 2.40. The van der Waals surface area contributed by atoms with E-state index >= 15 is 0 Å². The molecule has 0 heterocycles. The monoisotopic (exact) mass is 249 g/mol. The minimum atomic E-state index is -0.732. The van der Waals surface area contributed by atoms with Crippen LogP contribution in [0.1, 0.15) is 31.9 Å². The molecule has 1 aromatic rings. The van der Waals surface area contributed by atoms with Crippen LogP contribution < -0.4 is 0 Å². The molecular weight excluding hydrogens is 226 g/mol. The number of carbonyl (C=O) groups is 1. The van der Waals surface area contributed by atoms with Crippen LogP contribution in [0, 0.1) is 0 Å². The van der Waals surface area contributed by atoms with Gasteiger partial charge in [-0.25, -0.2) is 0 Å². The molecule has 0 spiro atoms. The summed E-state index contributed by atoms with van der Waals surface area (Å²) in [5, 5.41) is 9.39. The van der Waals surface area contributed by atoms with Gasteiger partial charge in [-0.2, -0.15) is 0 Å². The van der Waals surface area contributed by atoms with Gasteiger partial charge in [0.15, 0.2) is 0 Å². The van der Waals surface area contributed by atoms with E-state index in [-0.39, 0.29) is 0 Å². The van der Waals surface area contributed by atoms with E-state index in [1.807, 2.05) is 36.9 Å². The number of rotatable bonds is 7. The van der Waals surface area contributed by atoms with E-state index in [9.17, 15) is 9.90 Å². The van der Waals surface area contributed by atoms with Crippen LogP contribution in [0.5, 0.6) is 0 Å². The Morgan fingerprint density at radius 1 is 1.17 bits per heavy atom. The lowest BCUT2D eigenvalue weighted by Crippen LogP contribution is -2.42. The van der Waals surface area contributed by atoms with Gasteiger partial charge in [-0.3, -0.25) is 9.69 Å². The Morgan fingerprint density at radius 3 is 2.17 bits per heavy atom. The zero-order valence-corrected chi connectivity index (χ0v) is 11.5. The molecule has 0 aromatic heterocycles. The van der Waals surface area contributed by atoms with Crippen molar-refractivity contribution in [3.8, 4) is 0 Å². The lowest BCUT2D eigenvalue weighted by molar-refractivity contribution is -0.143. The number of aryl methyl sites for hydroxylation is 1. The van der Waals surface area contributed by atoms with Gasteiger partial charge in [0.1, 0.15) is 6.04 Å². The van der Waals surface area contributed by atoms with Gasteiger partial charge in [0.25, 0.3) is 0 Å². The van der Waals surface area contributed by atoms with Crippen LogP contribution in [0.25, 0.3) is 0 Å². The Kier molecular flexibility index (Phi) is 5.86. The highest BCUT2D eigenvalue weighted by atomic mass is 16.4. The summed E-state index contributed by atoms with van der Waals surface area (Å²) in [6.07, 6.45) is 1.53. The van der Waals surface area contributed by atoms with Gasteiger partial charge in [-0.15, -0.1) is 0 Å². The summed E-state index contributed by atoms with van der Waals surface area (Å²) in [6.45, 7) is 7.64. The summed E-state index contributed by atoms with van der Waals surface area (Å²) < 4.78 is 0. The van der Waals surface area contributed by atoms with Crippen molar-refractivity contribution in [1.82, 2.24) is 4.90 Å². The summed E-state index contributed by atoms with van der Waals surface area (Å²) in [5.74, 6) is -0.732. The molecule has 1 N–H and O–H groups in total. The molecule has 0 unspecified atom stereocenters. The molecule has 0 saturated carbocycles. The predicted octanol–water partition coefficient (Wildman–Crippen LogP) is 2.59. The maximum atomic E-state index is 11.4. The molecule has 0 aliphatic carbocycles. The second kappa shape index (κ2) is 7.17. The molecule has 0 bridgehead atoms. The van der Waals surface area contributed by atoms with Crippen LogP contribution in [0.15, 0.2) is 24.3 Å². The molecule has 3 heteroatoms. The second-order valence-electron chi connectivity index (χ2n) is 4.40. The van der Waals surface area contributed by atoms with E-state index in [4.69, 9.17) is 0 Å². The lowest BCUT2D eigenvalue weighted by atomic mass is 9.98. The molecular formula is C15H23NO2. The molecule has 100 valence electrons. The van der Waals surface area contributed by atoms with Crippen molar-refractivity contribution in [2.24, 2.45) is 0 Å². The van der Waals surface area contributed by atoms with Gasteiger partial charge < -0.3 is 5.11 Å². The standard InChI is InChI=1S/C15H23NO2/c1-4-12-9-7-8-10-13(12)11-14(15(17)18)16(5-2)6-3/h7-10,14H,4-6,11H2,1-3H3,(H,17,18)/t14-/m1/s1. The second-order valence-corrected chi connectivity index (χ2v) is 4.40. The Balaban J connectivity index is 2.93. The Labute approximate surface area is 109 Å². The fraction of sp³-hybridized carbons (Fsp3) is 0.533. The predicted molar refractivity (Wildman–Crippen MR) is 73.9 cm³/mol. The molecule has 0 saturated heterocycles. The van der Waals surface area contributed by atoms with Gasteiger partial charge in [0, 0.05) is 0 Å². The van der Waals surface area contributed by atoms with Crippen molar-refractivity contribution >= 4 is 5.97 Å². The number of likely N-dealkylation sites (N-methyl/N-ethyl adjacent to an activating group) is 1. The first-order valence-corrected chi connectivity index (χ1v) is 6.67. The van der Waals surface area contributed by atoms with Crippen LogP contribution in [-0.4, -0.2) is 35.1 Å². The Bertz CT molecular complexity index is 386. The topological polar surface area (TPSA) is 40.5 Å². The van der Waals surface area contributed by atoms with Crippen LogP contribution in [-0.2, 0) is 17.6 Å². The fourth-order valence-corrected chi connectivity index (χ4v) is 2.35. The lowest BCUT2D eigenvalue weighted by Gasteiger charge is -2.26. The zero-order valence-electron chi connectivity index (χ0n) is 11.5. The van der Waals surface area contributed by atoms with Gasteiger partial charge >= 0.3 is 5.97 Å². The van der Waals surface area contributed by atoms with E-state index in [0.29, 0.717) is 6.42 Å². The van der Waals surface area contributed by atoms with Crippen molar-refractivity contribution in [1.29, 1.82) is 0 Å². The fourth-order valence-electron chi connectivity index (χ4n) is 2.35. The number of nitrogens with zero attached hydrogens (tertiary/aromatic N) is 1. The highest BCUT2D eigenvalue weighted by molar-refractivity contribution is 5.74. The van der Waals surface area contributed by atoms with E-state index in [2.05, 4.69) is 13.0 Å². The Hall–Kier alpha value is -1.35. The molecule has 18 heavy (non-hydrogen) atoms. The highest BCUT2D eigenvalue weighted by Gasteiger charge is 2.24. The number of carboxylic acid groups (broad SMARTS) is 1. The van der Waals surface area contributed by atoms with Crippen LogP contribution in [0.3, 0.4) is 0 Å². The molecule has 1 aromatic carbocycles. The Morgan fingerprint density at radius 2 is 1.72 bits per heavy atom. The van der Waals surface area contributed by atoms with Crippen molar-refractivity contribution in [3.05, 3.63) is 35.4 Å². The molecule has 1 rings (SSSR count). The first-order chi connectivity index (χ1) is 8.63.